The molecule has 0 amide bonds. The highest BCUT2D eigenvalue weighted by Gasteiger charge is 2.20. The number of rotatable bonds is 6. The molecule has 0 unspecified atom stereocenters. The monoisotopic (exact) mass is 354 g/mol. The second-order valence-electron chi connectivity index (χ2n) is 5.28. The lowest BCUT2D eigenvalue weighted by atomic mass is 10.2. The lowest BCUT2D eigenvalue weighted by Crippen LogP contribution is -2.14. The zero-order valence-electron chi connectivity index (χ0n) is 13.1. The number of methoxy groups -OCH3 is 1. The number of hydrogen-bond donors (Lipinski definition) is 2. The fraction of sp³-hybridized carbons (Fsp3) is 0.250. The van der Waals surface area contributed by atoms with Crippen molar-refractivity contribution in [1.29, 1.82) is 0 Å². The molecule has 0 aromatic heterocycles. The molecule has 0 aliphatic carbocycles. The lowest BCUT2D eigenvalue weighted by Gasteiger charge is -2.13. The summed E-state index contributed by atoms with van der Waals surface area (Å²) < 4.78 is 32.7. The van der Waals surface area contributed by atoms with Crippen molar-refractivity contribution in [3.8, 4) is 5.75 Å². The highest BCUT2D eigenvalue weighted by Crippen LogP contribution is 2.29. The van der Waals surface area contributed by atoms with Gasteiger partial charge in [0, 0.05) is 22.4 Å². The van der Waals surface area contributed by atoms with Gasteiger partial charge in [-0.15, -0.1) is 0 Å². The third-order valence-electron chi connectivity index (χ3n) is 3.01. The molecule has 0 heterocycles. The Morgan fingerprint density at radius 1 is 1.04 bits per heavy atom. The average Bonchev–Trinajstić information content (AvgIpc) is 2.48. The SMILES string of the molecule is COc1ccc(Cl)cc1S(=O)(=O)Nc1ccc(NC(C)C)cc1. The van der Waals surface area contributed by atoms with Crippen molar-refractivity contribution in [3.63, 3.8) is 0 Å². The summed E-state index contributed by atoms with van der Waals surface area (Å²) >= 11 is 5.90. The summed E-state index contributed by atoms with van der Waals surface area (Å²) in [5.74, 6) is 0.236. The average molecular weight is 355 g/mol. The molecule has 7 heteroatoms. The summed E-state index contributed by atoms with van der Waals surface area (Å²) in [6.45, 7) is 4.06. The van der Waals surface area contributed by atoms with E-state index in [1.165, 1.54) is 19.2 Å². The zero-order valence-corrected chi connectivity index (χ0v) is 14.7. The van der Waals surface area contributed by atoms with Crippen LogP contribution >= 0.6 is 11.6 Å². The molecular formula is C16H19ClN2O3S. The molecular weight excluding hydrogens is 336 g/mol. The van der Waals surface area contributed by atoms with Gasteiger partial charge in [0.1, 0.15) is 10.6 Å². The maximum absolute atomic E-state index is 12.5. The largest absolute Gasteiger partial charge is 0.495 e. The van der Waals surface area contributed by atoms with Crippen LogP contribution in [0.15, 0.2) is 47.4 Å². The van der Waals surface area contributed by atoms with E-state index in [1.807, 2.05) is 26.0 Å². The third kappa shape index (κ3) is 4.53. The van der Waals surface area contributed by atoms with Crippen molar-refractivity contribution in [2.24, 2.45) is 0 Å². The Bertz CT molecular complexity index is 774. The summed E-state index contributed by atoms with van der Waals surface area (Å²) in [6, 6.07) is 11.8. The fourth-order valence-corrected chi connectivity index (χ4v) is 3.53. The minimum atomic E-state index is -3.79. The Kier molecular flexibility index (Phi) is 5.38. The van der Waals surface area contributed by atoms with Gasteiger partial charge in [0.05, 0.1) is 7.11 Å². The van der Waals surface area contributed by atoms with Crippen LogP contribution in [0.1, 0.15) is 13.8 Å². The van der Waals surface area contributed by atoms with Gasteiger partial charge in [-0.2, -0.15) is 0 Å². The minimum Gasteiger partial charge on any atom is -0.495 e. The highest BCUT2D eigenvalue weighted by molar-refractivity contribution is 7.92. The van der Waals surface area contributed by atoms with E-state index in [0.29, 0.717) is 16.8 Å². The topological polar surface area (TPSA) is 67.4 Å². The molecule has 5 nitrogen and oxygen atoms in total. The van der Waals surface area contributed by atoms with Crippen LogP contribution < -0.4 is 14.8 Å². The van der Waals surface area contributed by atoms with Crippen molar-refractivity contribution in [3.05, 3.63) is 47.5 Å². The van der Waals surface area contributed by atoms with Gasteiger partial charge in [0.25, 0.3) is 10.0 Å². The van der Waals surface area contributed by atoms with E-state index in [2.05, 4.69) is 10.0 Å². The van der Waals surface area contributed by atoms with E-state index >= 15 is 0 Å². The molecule has 2 aromatic carbocycles. The van der Waals surface area contributed by atoms with Crippen LogP contribution in [0.3, 0.4) is 0 Å². The molecule has 0 saturated heterocycles. The maximum atomic E-state index is 12.5. The summed E-state index contributed by atoms with van der Waals surface area (Å²) in [6.07, 6.45) is 0. The number of hydrogen-bond acceptors (Lipinski definition) is 4. The van der Waals surface area contributed by atoms with E-state index in [9.17, 15) is 8.42 Å². The smallest absolute Gasteiger partial charge is 0.265 e. The van der Waals surface area contributed by atoms with Crippen LogP contribution in [0.25, 0.3) is 0 Å². The predicted molar refractivity (Wildman–Crippen MR) is 94.0 cm³/mol. The second-order valence-corrected chi connectivity index (χ2v) is 7.36. The van der Waals surface area contributed by atoms with Crippen molar-refractivity contribution < 1.29 is 13.2 Å². The Morgan fingerprint density at radius 2 is 1.65 bits per heavy atom. The number of anilines is 2. The number of sulfonamides is 1. The lowest BCUT2D eigenvalue weighted by molar-refractivity contribution is 0.403. The highest BCUT2D eigenvalue weighted by atomic mass is 35.5. The normalized spacial score (nSPS) is 11.3. The first-order valence-electron chi connectivity index (χ1n) is 7.05. The fourth-order valence-electron chi connectivity index (χ4n) is 2.04. The molecule has 0 aliphatic heterocycles. The van der Waals surface area contributed by atoms with E-state index in [4.69, 9.17) is 16.3 Å². The van der Waals surface area contributed by atoms with E-state index in [1.54, 1.807) is 18.2 Å². The van der Waals surface area contributed by atoms with Gasteiger partial charge in [-0.3, -0.25) is 4.72 Å². The van der Waals surface area contributed by atoms with Crippen LogP contribution in [-0.2, 0) is 10.0 Å². The summed E-state index contributed by atoms with van der Waals surface area (Å²) in [7, 11) is -2.38. The van der Waals surface area contributed by atoms with E-state index in [-0.39, 0.29) is 10.6 Å². The zero-order chi connectivity index (χ0) is 17.0. The molecule has 124 valence electrons. The van der Waals surface area contributed by atoms with Gasteiger partial charge >= 0.3 is 0 Å². The van der Waals surface area contributed by atoms with Crippen molar-refractivity contribution in [1.82, 2.24) is 0 Å². The number of nitrogens with one attached hydrogen (secondary N) is 2. The Labute approximate surface area is 141 Å². The Hall–Kier alpha value is -1.92. The Balaban J connectivity index is 2.26. The number of benzene rings is 2. The van der Waals surface area contributed by atoms with Crippen molar-refractivity contribution in [2.75, 3.05) is 17.1 Å². The molecule has 2 aromatic rings. The third-order valence-corrected chi connectivity index (χ3v) is 4.65. The van der Waals surface area contributed by atoms with Crippen LogP contribution in [0.5, 0.6) is 5.75 Å². The van der Waals surface area contributed by atoms with Crippen LogP contribution in [-0.4, -0.2) is 21.6 Å². The molecule has 2 N–H and O–H groups in total. The predicted octanol–water partition coefficient (Wildman–Crippen LogP) is 3.97. The van der Waals surface area contributed by atoms with Crippen LogP contribution in [0.2, 0.25) is 5.02 Å². The summed E-state index contributed by atoms with van der Waals surface area (Å²) in [4.78, 5) is -0.00289. The van der Waals surface area contributed by atoms with Crippen LogP contribution in [0, 0.1) is 0 Å². The van der Waals surface area contributed by atoms with Gasteiger partial charge in [0.15, 0.2) is 0 Å². The van der Waals surface area contributed by atoms with Gasteiger partial charge < -0.3 is 10.1 Å². The van der Waals surface area contributed by atoms with Crippen molar-refractivity contribution in [2.45, 2.75) is 24.8 Å². The minimum absolute atomic E-state index is 0.00289. The molecule has 0 spiro atoms. The molecule has 0 fully saturated rings. The molecule has 0 aliphatic rings. The van der Waals surface area contributed by atoms with Gasteiger partial charge in [-0.1, -0.05) is 11.6 Å². The standard InChI is InChI=1S/C16H19ClN2O3S/c1-11(2)18-13-5-7-14(8-6-13)19-23(20,21)16-10-12(17)4-9-15(16)22-3/h4-11,18-19H,1-3H3. The van der Waals surface area contributed by atoms with E-state index < -0.39 is 10.0 Å². The molecule has 0 atom stereocenters. The first-order valence-corrected chi connectivity index (χ1v) is 8.91. The van der Waals surface area contributed by atoms with Crippen molar-refractivity contribution >= 4 is 33.0 Å². The number of halogens is 1. The second kappa shape index (κ2) is 7.10. The van der Waals surface area contributed by atoms with Crippen LogP contribution in [0.4, 0.5) is 11.4 Å². The molecule has 0 bridgehead atoms. The van der Waals surface area contributed by atoms with Gasteiger partial charge in [-0.25, -0.2) is 8.42 Å². The molecule has 2 rings (SSSR count). The first kappa shape index (κ1) is 17.4. The first-order chi connectivity index (χ1) is 10.8. The quantitative estimate of drug-likeness (QED) is 0.823. The number of ether oxygens (including phenoxy) is 1. The van der Waals surface area contributed by atoms with Gasteiger partial charge in [0.2, 0.25) is 0 Å². The van der Waals surface area contributed by atoms with E-state index in [0.717, 1.165) is 5.69 Å². The maximum Gasteiger partial charge on any atom is 0.265 e. The Morgan fingerprint density at radius 3 is 2.22 bits per heavy atom. The molecule has 0 radical (unpaired) electrons. The summed E-state index contributed by atoms with van der Waals surface area (Å²) in [5, 5.41) is 3.56. The molecule has 23 heavy (non-hydrogen) atoms. The summed E-state index contributed by atoms with van der Waals surface area (Å²) in [5.41, 5.74) is 1.38. The molecule has 0 saturated carbocycles. The van der Waals surface area contributed by atoms with Gasteiger partial charge in [-0.05, 0) is 56.3 Å².